The molecule has 0 aliphatic heterocycles. The van der Waals surface area contributed by atoms with E-state index in [2.05, 4.69) is 4.98 Å². The van der Waals surface area contributed by atoms with Crippen LogP contribution in [0.3, 0.4) is 0 Å². The predicted octanol–water partition coefficient (Wildman–Crippen LogP) is 3.36. The molecule has 0 radical (unpaired) electrons. The third-order valence-electron chi connectivity index (χ3n) is 3.74. The van der Waals surface area contributed by atoms with Crippen molar-refractivity contribution in [3.8, 4) is 5.88 Å². The summed E-state index contributed by atoms with van der Waals surface area (Å²) in [6.07, 6.45) is 7.66. The van der Waals surface area contributed by atoms with Gasteiger partial charge in [-0.05, 0) is 50.2 Å². The molecule has 0 unspecified atom stereocenters. The van der Waals surface area contributed by atoms with Crippen molar-refractivity contribution in [2.24, 2.45) is 0 Å². The van der Waals surface area contributed by atoms with Crippen molar-refractivity contribution in [2.75, 3.05) is 0 Å². The highest BCUT2D eigenvalue weighted by Crippen LogP contribution is 2.45. The smallest absolute Gasteiger partial charge is 0.213 e. The molecule has 0 N–H and O–H groups in total. The molecule has 2 fully saturated rings. The zero-order valence-corrected chi connectivity index (χ0v) is 9.29. The van der Waals surface area contributed by atoms with Gasteiger partial charge in [-0.2, -0.15) is 0 Å². The van der Waals surface area contributed by atoms with E-state index in [0.29, 0.717) is 24.8 Å². The maximum Gasteiger partial charge on any atom is 0.213 e. The molecular weight excluding hydrogens is 205 g/mol. The van der Waals surface area contributed by atoms with Gasteiger partial charge in [0.15, 0.2) is 0 Å². The summed E-state index contributed by atoms with van der Waals surface area (Å²) in [5, 5.41) is 0. The Bertz CT molecular complexity index is 385. The number of ether oxygens (including phenoxy) is 1. The predicted molar refractivity (Wildman–Crippen MR) is 59.1 cm³/mol. The summed E-state index contributed by atoms with van der Waals surface area (Å²) in [5.41, 5.74) is -0.371. The zero-order chi connectivity index (χ0) is 11.0. The molecule has 86 valence electrons. The van der Waals surface area contributed by atoms with Crippen molar-refractivity contribution >= 4 is 0 Å². The number of hydrogen-bond acceptors (Lipinski definition) is 2. The number of pyridine rings is 1. The first-order valence-electron chi connectivity index (χ1n) is 6.08. The Morgan fingerprint density at radius 1 is 1.31 bits per heavy atom. The van der Waals surface area contributed by atoms with Gasteiger partial charge in [-0.15, -0.1) is 0 Å². The highest BCUT2D eigenvalue weighted by atomic mass is 19.1. The number of rotatable bonds is 3. The van der Waals surface area contributed by atoms with Crippen LogP contribution in [0, 0.1) is 0 Å². The van der Waals surface area contributed by atoms with Crippen LogP contribution in [0.4, 0.5) is 4.39 Å². The van der Waals surface area contributed by atoms with Crippen molar-refractivity contribution < 1.29 is 9.13 Å². The molecule has 0 aromatic carbocycles. The molecule has 2 aliphatic carbocycles. The molecule has 0 bridgehead atoms. The van der Waals surface area contributed by atoms with E-state index in [1.54, 1.807) is 18.3 Å². The van der Waals surface area contributed by atoms with Crippen LogP contribution in [-0.2, 0) is 5.67 Å². The van der Waals surface area contributed by atoms with Gasteiger partial charge in [0.25, 0.3) is 0 Å². The van der Waals surface area contributed by atoms with Crippen LogP contribution in [0.25, 0.3) is 0 Å². The highest BCUT2D eigenvalue weighted by Gasteiger charge is 2.39. The minimum Gasteiger partial charge on any atom is -0.474 e. The summed E-state index contributed by atoms with van der Waals surface area (Å²) in [5.74, 6) is 0.589. The van der Waals surface area contributed by atoms with E-state index in [1.807, 2.05) is 0 Å². The summed E-state index contributed by atoms with van der Waals surface area (Å²) in [4.78, 5) is 4.14. The molecule has 2 saturated carbocycles. The fourth-order valence-electron chi connectivity index (χ4n) is 2.19. The SMILES string of the molecule is FC1(c2ccnc(OC3CCC3)c2)CCC1. The van der Waals surface area contributed by atoms with Gasteiger partial charge in [0.1, 0.15) is 11.8 Å². The maximum atomic E-state index is 14.2. The highest BCUT2D eigenvalue weighted by molar-refractivity contribution is 5.28. The summed E-state index contributed by atoms with van der Waals surface area (Å²) >= 11 is 0. The Balaban J connectivity index is 1.76. The minimum absolute atomic E-state index is 0.305. The molecule has 3 heteroatoms. The van der Waals surface area contributed by atoms with Crippen LogP contribution < -0.4 is 4.74 Å². The molecule has 0 spiro atoms. The van der Waals surface area contributed by atoms with Gasteiger partial charge in [-0.3, -0.25) is 0 Å². The lowest BCUT2D eigenvalue weighted by molar-refractivity contribution is 0.0594. The average molecular weight is 221 g/mol. The Kier molecular flexibility index (Phi) is 2.34. The molecule has 0 amide bonds. The lowest BCUT2D eigenvalue weighted by atomic mass is 9.77. The third-order valence-corrected chi connectivity index (χ3v) is 3.74. The minimum atomic E-state index is -1.11. The monoisotopic (exact) mass is 221 g/mol. The van der Waals surface area contributed by atoms with E-state index >= 15 is 0 Å². The topological polar surface area (TPSA) is 22.1 Å². The first kappa shape index (κ1) is 10.1. The molecule has 1 aromatic rings. The number of alkyl halides is 1. The normalized spacial score (nSPS) is 23.3. The number of nitrogens with zero attached hydrogens (tertiary/aromatic N) is 1. The zero-order valence-electron chi connectivity index (χ0n) is 9.29. The van der Waals surface area contributed by atoms with Crippen LogP contribution in [0.1, 0.15) is 44.1 Å². The second-order valence-electron chi connectivity index (χ2n) is 4.87. The fourth-order valence-corrected chi connectivity index (χ4v) is 2.19. The Morgan fingerprint density at radius 3 is 2.69 bits per heavy atom. The van der Waals surface area contributed by atoms with Crippen molar-refractivity contribution in [3.63, 3.8) is 0 Å². The van der Waals surface area contributed by atoms with Gasteiger partial charge in [-0.25, -0.2) is 9.37 Å². The van der Waals surface area contributed by atoms with Crippen molar-refractivity contribution in [1.82, 2.24) is 4.98 Å². The van der Waals surface area contributed by atoms with Crippen LogP contribution in [0.15, 0.2) is 18.3 Å². The molecule has 16 heavy (non-hydrogen) atoms. The quantitative estimate of drug-likeness (QED) is 0.780. The van der Waals surface area contributed by atoms with E-state index in [9.17, 15) is 4.39 Å². The van der Waals surface area contributed by atoms with E-state index in [1.165, 1.54) is 6.42 Å². The number of aromatic nitrogens is 1. The van der Waals surface area contributed by atoms with E-state index < -0.39 is 5.67 Å². The van der Waals surface area contributed by atoms with Crippen molar-refractivity contribution in [2.45, 2.75) is 50.3 Å². The Morgan fingerprint density at radius 2 is 2.12 bits per heavy atom. The number of halogens is 1. The van der Waals surface area contributed by atoms with E-state index in [0.717, 1.165) is 24.8 Å². The van der Waals surface area contributed by atoms with Crippen LogP contribution in [0.5, 0.6) is 5.88 Å². The molecule has 3 rings (SSSR count). The van der Waals surface area contributed by atoms with Gasteiger partial charge in [0.05, 0.1) is 0 Å². The molecule has 1 heterocycles. The number of hydrogen-bond donors (Lipinski definition) is 0. The molecule has 2 aliphatic rings. The maximum absolute atomic E-state index is 14.2. The first-order chi connectivity index (χ1) is 7.76. The summed E-state index contributed by atoms with van der Waals surface area (Å²) in [7, 11) is 0. The first-order valence-corrected chi connectivity index (χ1v) is 6.08. The van der Waals surface area contributed by atoms with Crippen molar-refractivity contribution in [3.05, 3.63) is 23.9 Å². The van der Waals surface area contributed by atoms with Gasteiger partial charge in [0.2, 0.25) is 5.88 Å². The van der Waals surface area contributed by atoms with E-state index in [-0.39, 0.29) is 0 Å². The largest absolute Gasteiger partial charge is 0.474 e. The van der Waals surface area contributed by atoms with Gasteiger partial charge in [0, 0.05) is 12.3 Å². The standard InChI is InChI=1S/C13H16FNO/c14-13(6-2-7-13)10-5-8-15-12(9-10)16-11-3-1-4-11/h5,8-9,11H,1-4,6-7H2. The van der Waals surface area contributed by atoms with Gasteiger partial charge < -0.3 is 4.74 Å². The van der Waals surface area contributed by atoms with Gasteiger partial charge in [-0.1, -0.05) is 0 Å². The lowest BCUT2D eigenvalue weighted by Crippen LogP contribution is -2.29. The van der Waals surface area contributed by atoms with Crippen LogP contribution in [0.2, 0.25) is 0 Å². The molecule has 0 atom stereocenters. The summed E-state index contributed by atoms with van der Waals surface area (Å²) in [6.45, 7) is 0. The summed E-state index contributed by atoms with van der Waals surface area (Å²) < 4.78 is 19.8. The van der Waals surface area contributed by atoms with Crippen LogP contribution in [-0.4, -0.2) is 11.1 Å². The molecule has 2 nitrogen and oxygen atoms in total. The second kappa shape index (κ2) is 3.72. The van der Waals surface area contributed by atoms with Gasteiger partial charge >= 0.3 is 0 Å². The Hall–Kier alpha value is -1.12. The van der Waals surface area contributed by atoms with Crippen molar-refractivity contribution in [1.29, 1.82) is 0 Å². The molecule has 0 saturated heterocycles. The lowest BCUT2D eigenvalue weighted by Gasteiger charge is -2.34. The average Bonchev–Trinajstić information content (AvgIpc) is 2.21. The van der Waals surface area contributed by atoms with E-state index in [4.69, 9.17) is 4.74 Å². The Labute approximate surface area is 94.8 Å². The third kappa shape index (κ3) is 1.68. The fraction of sp³-hybridized carbons (Fsp3) is 0.615. The summed E-state index contributed by atoms with van der Waals surface area (Å²) in [6, 6.07) is 3.55. The second-order valence-corrected chi connectivity index (χ2v) is 4.87. The molecular formula is C13H16FNO. The molecule has 1 aromatic heterocycles. The van der Waals surface area contributed by atoms with Crippen LogP contribution >= 0.6 is 0 Å².